The Morgan fingerprint density at radius 1 is 1.00 bits per heavy atom. The molecule has 0 atom stereocenters. The Morgan fingerprint density at radius 3 is 2.41 bits per heavy atom. The van der Waals surface area contributed by atoms with E-state index in [1.807, 2.05) is 0 Å². The van der Waals surface area contributed by atoms with Crippen molar-refractivity contribution in [3.05, 3.63) is 76.2 Å². The van der Waals surface area contributed by atoms with E-state index in [9.17, 15) is 18.4 Å². The number of pyridine rings is 1. The molecule has 1 fully saturated rings. The topological polar surface area (TPSA) is 51.5 Å². The van der Waals surface area contributed by atoms with Crippen molar-refractivity contribution in [2.24, 2.45) is 0 Å². The first-order chi connectivity index (χ1) is 13.1. The van der Waals surface area contributed by atoms with Crippen LogP contribution in [0.15, 0.2) is 53.5 Å². The molecule has 2 heterocycles. The summed E-state index contributed by atoms with van der Waals surface area (Å²) in [5.74, 6) is -1.88. The van der Waals surface area contributed by atoms with E-state index < -0.39 is 17.2 Å². The van der Waals surface area contributed by atoms with Gasteiger partial charge in [0, 0.05) is 36.1 Å². The predicted molar refractivity (Wildman–Crippen MR) is 96.2 cm³/mol. The van der Waals surface area contributed by atoms with Gasteiger partial charge < -0.3 is 9.64 Å². The Balaban J connectivity index is 1.94. The fraction of sp³-hybridized carbons (Fsp3) is 0.200. The van der Waals surface area contributed by atoms with Crippen molar-refractivity contribution in [3.63, 3.8) is 0 Å². The molecule has 1 amide bonds. The van der Waals surface area contributed by atoms with Crippen LogP contribution in [0.4, 0.5) is 8.78 Å². The van der Waals surface area contributed by atoms with Crippen LogP contribution in [-0.2, 0) is 4.74 Å². The SMILES string of the molecule is O=C(c1cn(-c2ccc(F)cc2F)c(=O)c2ccccc12)N1CCOCC1. The molecular formula is C20H16F2N2O3. The van der Waals surface area contributed by atoms with Gasteiger partial charge in [-0.3, -0.25) is 14.2 Å². The Hall–Kier alpha value is -3.06. The number of nitrogens with zero attached hydrogens (tertiary/aromatic N) is 2. The molecule has 3 aromatic rings. The number of ether oxygens (including phenoxy) is 1. The number of rotatable bonds is 2. The Labute approximate surface area is 153 Å². The van der Waals surface area contributed by atoms with Gasteiger partial charge in [-0.15, -0.1) is 0 Å². The van der Waals surface area contributed by atoms with Crippen molar-refractivity contribution >= 4 is 16.7 Å². The minimum absolute atomic E-state index is 0.108. The third kappa shape index (κ3) is 3.10. The predicted octanol–water partition coefficient (Wildman–Crippen LogP) is 2.74. The molecule has 7 heteroatoms. The Kier molecular flexibility index (Phi) is 4.45. The highest BCUT2D eigenvalue weighted by atomic mass is 19.1. The Bertz CT molecular complexity index is 1090. The van der Waals surface area contributed by atoms with E-state index in [0.717, 1.165) is 10.6 Å². The summed E-state index contributed by atoms with van der Waals surface area (Å²) in [5, 5.41) is 0.790. The van der Waals surface area contributed by atoms with Crippen molar-refractivity contribution in [3.8, 4) is 5.69 Å². The quantitative estimate of drug-likeness (QED) is 0.697. The van der Waals surface area contributed by atoms with Crippen LogP contribution in [0.3, 0.4) is 0 Å². The largest absolute Gasteiger partial charge is 0.378 e. The summed E-state index contributed by atoms with van der Waals surface area (Å²) < 4.78 is 33.9. The lowest BCUT2D eigenvalue weighted by atomic mass is 10.1. The highest BCUT2D eigenvalue weighted by molar-refractivity contribution is 6.06. The van der Waals surface area contributed by atoms with Gasteiger partial charge in [-0.1, -0.05) is 18.2 Å². The van der Waals surface area contributed by atoms with E-state index >= 15 is 0 Å². The molecule has 0 aliphatic carbocycles. The number of aromatic nitrogens is 1. The van der Waals surface area contributed by atoms with Gasteiger partial charge in [-0.05, 0) is 18.2 Å². The van der Waals surface area contributed by atoms with Gasteiger partial charge in [-0.25, -0.2) is 8.78 Å². The maximum Gasteiger partial charge on any atom is 0.263 e. The molecule has 138 valence electrons. The zero-order valence-electron chi connectivity index (χ0n) is 14.3. The van der Waals surface area contributed by atoms with Gasteiger partial charge in [0.15, 0.2) is 0 Å². The smallest absolute Gasteiger partial charge is 0.263 e. The van der Waals surface area contributed by atoms with Crippen molar-refractivity contribution in [2.75, 3.05) is 26.3 Å². The highest BCUT2D eigenvalue weighted by Gasteiger charge is 2.23. The molecule has 1 aromatic heterocycles. The normalized spacial score (nSPS) is 14.5. The molecular weight excluding hydrogens is 354 g/mol. The van der Waals surface area contributed by atoms with Gasteiger partial charge in [-0.2, -0.15) is 0 Å². The summed E-state index contributed by atoms with van der Waals surface area (Å²) in [5.41, 5.74) is -0.298. The first kappa shape index (κ1) is 17.4. The van der Waals surface area contributed by atoms with Crippen molar-refractivity contribution in [2.45, 2.75) is 0 Å². The summed E-state index contributed by atoms with van der Waals surface area (Å²) in [7, 11) is 0. The van der Waals surface area contributed by atoms with Crippen LogP contribution < -0.4 is 5.56 Å². The van der Waals surface area contributed by atoms with Crippen molar-refractivity contribution in [1.82, 2.24) is 9.47 Å². The summed E-state index contributed by atoms with van der Waals surface area (Å²) in [6.07, 6.45) is 1.33. The van der Waals surface area contributed by atoms with Crippen molar-refractivity contribution < 1.29 is 18.3 Å². The van der Waals surface area contributed by atoms with Crippen LogP contribution >= 0.6 is 0 Å². The second kappa shape index (κ2) is 6.92. The molecule has 0 radical (unpaired) electrons. The third-order valence-electron chi connectivity index (χ3n) is 4.62. The number of halogens is 2. The second-order valence-electron chi connectivity index (χ2n) is 6.26. The van der Waals surface area contributed by atoms with E-state index in [-0.39, 0.29) is 17.2 Å². The van der Waals surface area contributed by atoms with E-state index in [4.69, 9.17) is 4.74 Å². The highest BCUT2D eigenvalue weighted by Crippen LogP contribution is 2.21. The molecule has 0 spiro atoms. The third-order valence-corrected chi connectivity index (χ3v) is 4.62. The van der Waals surface area contributed by atoms with Crippen LogP contribution in [0.2, 0.25) is 0 Å². The molecule has 2 aromatic carbocycles. The van der Waals surface area contributed by atoms with E-state index in [1.54, 1.807) is 29.2 Å². The maximum absolute atomic E-state index is 14.3. The minimum atomic E-state index is -0.878. The molecule has 5 nitrogen and oxygen atoms in total. The molecule has 1 aliphatic rings. The molecule has 1 aliphatic heterocycles. The second-order valence-corrected chi connectivity index (χ2v) is 6.26. The maximum atomic E-state index is 14.3. The van der Waals surface area contributed by atoms with Crippen LogP contribution in [0.5, 0.6) is 0 Å². The number of carbonyl (C=O) groups excluding carboxylic acids is 1. The number of hydrogen-bond acceptors (Lipinski definition) is 3. The number of morpholine rings is 1. The molecule has 0 N–H and O–H groups in total. The molecule has 0 saturated carbocycles. The first-order valence-corrected chi connectivity index (χ1v) is 8.53. The van der Waals surface area contributed by atoms with Crippen LogP contribution in [0, 0.1) is 11.6 Å². The van der Waals surface area contributed by atoms with Gasteiger partial charge in [0.1, 0.15) is 11.6 Å². The van der Waals surface area contributed by atoms with Gasteiger partial charge >= 0.3 is 0 Å². The molecule has 4 rings (SSSR count). The lowest BCUT2D eigenvalue weighted by Crippen LogP contribution is -2.41. The average Bonchev–Trinajstić information content (AvgIpc) is 2.69. The lowest BCUT2D eigenvalue weighted by molar-refractivity contribution is 0.0304. The number of fused-ring (bicyclic) bond motifs is 1. The number of carbonyl (C=O) groups is 1. The molecule has 1 saturated heterocycles. The molecule has 0 bridgehead atoms. The zero-order chi connectivity index (χ0) is 19.0. The van der Waals surface area contributed by atoms with E-state index in [1.165, 1.54) is 12.3 Å². The number of hydrogen-bond donors (Lipinski definition) is 0. The van der Waals surface area contributed by atoms with Gasteiger partial charge in [0.2, 0.25) is 0 Å². The van der Waals surface area contributed by atoms with E-state index in [2.05, 4.69) is 0 Å². The zero-order valence-corrected chi connectivity index (χ0v) is 14.3. The molecule has 0 unspecified atom stereocenters. The summed E-state index contributed by atoms with van der Waals surface area (Å²) in [4.78, 5) is 27.6. The summed E-state index contributed by atoms with van der Waals surface area (Å²) >= 11 is 0. The first-order valence-electron chi connectivity index (χ1n) is 8.53. The molecule has 27 heavy (non-hydrogen) atoms. The van der Waals surface area contributed by atoms with Crippen LogP contribution in [0.1, 0.15) is 10.4 Å². The average molecular weight is 370 g/mol. The fourth-order valence-corrected chi connectivity index (χ4v) is 3.25. The fourth-order valence-electron chi connectivity index (χ4n) is 3.25. The summed E-state index contributed by atoms with van der Waals surface area (Å²) in [6, 6.07) is 9.66. The van der Waals surface area contributed by atoms with Gasteiger partial charge in [0.25, 0.3) is 11.5 Å². The standard InChI is InChI=1S/C20H16F2N2O3/c21-13-5-6-18(17(22)11-13)24-12-16(19(25)23-7-9-27-10-8-23)14-3-1-2-4-15(14)20(24)26/h1-6,11-12H,7-10H2. The summed E-state index contributed by atoms with van der Waals surface area (Å²) in [6.45, 7) is 1.76. The van der Waals surface area contributed by atoms with Crippen molar-refractivity contribution in [1.29, 1.82) is 0 Å². The van der Waals surface area contributed by atoms with E-state index in [0.29, 0.717) is 43.1 Å². The van der Waals surface area contributed by atoms with Crippen LogP contribution in [0.25, 0.3) is 16.5 Å². The van der Waals surface area contributed by atoms with Gasteiger partial charge in [0.05, 0.1) is 24.5 Å². The lowest BCUT2D eigenvalue weighted by Gasteiger charge is -2.27. The number of benzene rings is 2. The monoisotopic (exact) mass is 370 g/mol. The van der Waals surface area contributed by atoms with Crippen LogP contribution in [-0.4, -0.2) is 41.7 Å². The Morgan fingerprint density at radius 2 is 1.70 bits per heavy atom. The number of amides is 1. The minimum Gasteiger partial charge on any atom is -0.378 e.